The molecule has 0 atom stereocenters. The van der Waals surface area contributed by atoms with Gasteiger partial charge < -0.3 is 4.74 Å². The number of carbonyl (C=O) groups is 1. The highest BCUT2D eigenvalue weighted by Gasteiger charge is 2.13. The molecule has 0 amide bonds. The molecule has 110 valence electrons. The molecule has 2 nitrogen and oxygen atoms in total. The summed E-state index contributed by atoms with van der Waals surface area (Å²) < 4.78 is 6.27. The summed E-state index contributed by atoms with van der Waals surface area (Å²) in [4.78, 5) is 12.1. The lowest BCUT2D eigenvalue weighted by molar-refractivity contribution is -0.133. The van der Waals surface area contributed by atoms with Crippen molar-refractivity contribution in [1.82, 2.24) is 0 Å². The molecular formula is C17H16BrClO2. The first-order valence-corrected chi connectivity index (χ1v) is 7.76. The monoisotopic (exact) mass is 366 g/mol. The van der Waals surface area contributed by atoms with Crippen LogP contribution in [0.25, 0.3) is 0 Å². The van der Waals surface area contributed by atoms with Crippen LogP contribution in [-0.4, -0.2) is 5.97 Å². The molecule has 0 saturated carbocycles. The topological polar surface area (TPSA) is 26.3 Å². The van der Waals surface area contributed by atoms with Crippen LogP contribution in [0.3, 0.4) is 0 Å². The maximum absolute atomic E-state index is 12.1. The first kappa shape index (κ1) is 16.1. The molecule has 0 bridgehead atoms. The minimum atomic E-state index is -0.314. The zero-order valence-electron chi connectivity index (χ0n) is 12.2. The summed E-state index contributed by atoms with van der Waals surface area (Å²) >= 11 is 9.48. The Morgan fingerprint density at radius 3 is 2.43 bits per heavy atom. The van der Waals surface area contributed by atoms with E-state index in [1.165, 1.54) is 5.56 Å². The number of ether oxygens (including phenoxy) is 1. The van der Waals surface area contributed by atoms with Crippen LogP contribution >= 0.6 is 27.5 Å². The normalized spacial score (nSPS) is 10.5. The molecule has 21 heavy (non-hydrogen) atoms. The predicted octanol–water partition coefficient (Wildman–Crippen LogP) is 5.18. The van der Waals surface area contributed by atoms with Gasteiger partial charge in [-0.2, -0.15) is 0 Å². The molecule has 0 heterocycles. The third-order valence-corrected chi connectivity index (χ3v) is 4.07. The van der Waals surface area contributed by atoms with Gasteiger partial charge >= 0.3 is 5.97 Å². The molecule has 0 radical (unpaired) electrons. The Morgan fingerprint density at radius 1 is 1.10 bits per heavy atom. The van der Waals surface area contributed by atoms with Gasteiger partial charge in [0.1, 0.15) is 0 Å². The van der Waals surface area contributed by atoms with Crippen LogP contribution in [0.15, 0.2) is 34.8 Å². The summed E-state index contributed by atoms with van der Waals surface area (Å²) in [5, 5.41) is 0.426. The Labute approximate surface area is 138 Å². The van der Waals surface area contributed by atoms with Crippen molar-refractivity contribution >= 4 is 33.5 Å². The fraction of sp³-hybridized carbons (Fsp3) is 0.235. The molecule has 2 rings (SSSR count). The Balaban J connectivity index is 2.13. The van der Waals surface area contributed by atoms with E-state index in [2.05, 4.69) is 15.9 Å². The van der Waals surface area contributed by atoms with Crippen molar-refractivity contribution in [3.05, 3.63) is 62.1 Å². The number of esters is 1. The average Bonchev–Trinajstić information content (AvgIpc) is 2.38. The lowest BCUT2D eigenvalue weighted by Gasteiger charge is -2.10. The number of hydrogen-bond donors (Lipinski definition) is 0. The molecular weight excluding hydrogens is 352 g/mol. The van der Waals surface area contributed by atoms with Crippen molar-refractivity contribution < 1.29 is 9.53 Å². The van der Waals surface area contributed by atoms with Crippen LogP contribution in [0.4, 0.5) is 0 Å². The summed E-state index contributed by atoms with van der Waals surface area (Å²) in [6.45, 7) is 5.93. The summed E-state index contributed by atoms with van der Waals surface area (Å²) in [7, 11) is 0. The molecule has 0 N–H and O–H groups in total. The minimum Gasteiger partial charge on any atom is -0.424 e. The largest absolute Gasteiger partial charge is 0.424 e. The first-order valence-electron chi connectivity index (χ1n) is 6.59. The standard InChI is InChI=1S/C17H16BrClO2/c1-10-4-5-13(6-11(10)2)8-16(20)21-17-12(3)7-14(18)9-15(17)19/h4-7,9H,8H2,1-3H3. The van der Waals surface area contributed by atoms with Crippen LogP contribution < -0.4 is 4.74 Å². The van der Waals surface area contributed by atoms with Crippen LogP contribution in [0.5, 0.6) is 5.75 Å². The lowest BCUT2D eigenvalue weighted by Crippen LogP contribution is -2.12. The SMILES string of the molecule is Cc1ccc(CC(=O)Oc2c(C)cc(Br)cc2Cl)cc1C. The fourth-order valence-corrected chi connectivity index (χ4v) is 3.06. The number of aryl methyl sites for hydroxylation is 3. The van der Waals surface area contributed by atoms with Crippen molar-refractivity contribution in [3.8, 4) is 5.75 Å². The van der Waals surface area contributed by atoms with Gasteiger partial charge in [-0.05, 0) is 55.2 Å². The van der Waals surface area contributed by atoms with E-state index in [1.54, 1.807) is 6.07 Å². The highest BCUT2D eigenvalue weighted by Crippen LogP contribution is 2.32. The molecule has 2 aromatic carbocycles. The number of carbonyl (C=O) groups excluding carboxylic acids is 1. The van der Waals surface area contributed by atoms with Gasteiger partial charge in [0, 0.05) is 4.47 Å². The van der Waals surface area contributed by atoms with E-state index < -0.39 is 0 Å². The number of halogens is 2. The highest BCUT2D eigenvalue weighted by molar-refractivity contribution is 9.10. The van der Waals surface area contributed by atoms with E-state index in [0.29, 0.717) is 10.8 Å². The van der Waals surface area contributed by atoms with Gasteiger partial charge in [-0.25, -0.2) is 0 Å². The van der Waals surface area contributed by atoms with E-state index in [1.807, 2.05) is 45.0 Å². The quantitative estimate of drug-likeness (QED) is 0.552. The van der Waals surface area contributed by atoms with E-state index in [9.17, 15) is 4.79 Å². The van der Waals surface area contributed by atoms with Gasteiger partial charge in [-0.15, -0.1) is 0 Å². The maximum atomic E-state index is 12.1. The highest BCUT2D eigenvalue weighted by atomic mass is 79.9. The molecule has 0 spiro atoms. The Hall–Kier alpha value is -1.32. The van der Waals surface area contributed by atoms with E-state index in [-0.39, 0.29) is 12.4 Å². The van der Waals surface area contributed by atoms with Crippen molar-refractivity contribution in [1.29, 1.82) is 0 Å². The van der Waals surface area contributed by atoms with Crippen LogP contribution in [0, 0.1) is 20.8 Å². The second kappa shape index (κ2) is 6.63. The molecule has 0 aromatic heterocycles. The summed E-state index contributed by atoms with van der Waals surface area (Å²) in [5.41, 5.74) is 4.13. The third kappa shape index (κ3) is 4.08. The molecule has 0 saturated heterocycles. The van der Waals surface area contributed by atoms with Crippen molar-refractivity contribution in [3.63, 3.8) is 0 Å². The third-order valence-electron chi connectivity index (χ3n) is 3.33. The van der Waals surface area contributed by atoms with Gasteiger partial charge in [0.25, 0.3) is 0 Å². The molecule has 0 aliphatic carbocycles. The molecule has 4 heteroatoms. The Morgan fingerprint density at radius 2 is 1.81 bits per heavy atom. The second-order valence-electron chi connectivity index (χ2n) is 5.10. The minimum absolute atomic E-state index is 0.229. The second-order valence-corrected chi connectivity index (χ2v) is 6.43. The van der Waals surface area contributed by atoms with Crippen molar-refractivity contribution in [2.24, 2.45) is 0 Å². The van der Waals surface area contributed by atoms with E-state index in [0.717, 1.165) is 21.2 Å². The molecule has 0 unspecified atom stereocenters. The zero-order valence-corrected chi connectivity index (χ0v) is 14.5. The Kier molecular flexibility index (Phi) is 5.07. The number of rotatable bonds is 3. The van der Waals surface area contributed by atoms with Gasteiger partial charge in [0.15, 0.2) is 5.75 Å². The van der Waals surface area contributed by atoms with E-state index >= 15 is 0 Å². The van der Waals surface area contributed by atoms with Crippen LogP contribution in [0.1, 0.15) is 22.3 Å². The number of hydrogen-bond acceptors (Lipinski definition) is 2. The fourth-order valence-electron chi connectivity index (χ4n) is 2.05. The molecule has 2 aromatic rings. The average molecular weight is 368 g/mol. The molecule has 0 fully saturated rings. The van der Waals surface area contributed by atoms with Gasteiger partial charge in [-0.1, -0.05) is 45.7 Å². The Bertz CT molecular complexity index is 672. The van der Waals surface area contributed by atoms with Gasteiger partial charge in [-0.3, -0.25) is 4.79 Å². The maximum Gasteiger partial charge on any atom is 0.315 e. The van der Waals surface area contributed by atoms with Crippen molar-refractivity contribution in [2.45, 2.75) is 27.2 Å². The lowest BCUT2D eigenvalue weighted by atomic mass is 10.0. The van der Waals surface area contributed by atoms with Crippen LogP contribution in [0.2, 0.25) is 5.02 Å². The van der Waals surface area contributed by atoms with Crippen LogP contribution in [-0.2, 0) is 11.2 Å². The number of benzene rings is 2. The summed E-state index contributed by atoms with van der Waals surface area (Å²) in [6, 6.07) is 9.54. The van der Waals surface area contributed by atoms with Gasteiger partial charge in [0.05, 0.1) is 11.4 Å². The predicted molar refractivity (Wildman–Crippen MR) is 89.1 cm³/mol. The summed E-state index contributed by atoms with van der Waals surface area (Å²) in [6.07, 6.45) is 0.229. The summed E-state index contributed by atoms with van der Waals surface area (Å²) in [5.74, 6) is 0.110. The zero-order chi connectivity index (χ0) is 15.6. The first-order chi connectivity index (χ1) is 9.86. The van der Waals surface area contributed by atoms with Crippen molar-refractivity contribution in [2.75, 3.05) is 0 Å². The molecule has 0 aliphatic heterocycles. The molecule has 0 aliphatic rings. The van der Waals surface area contributed by atoms with Gasteiger partial charge in [0.2, 0.25) is 0 Å². The smallest absolute Gasteiger partial charge is 0.315 e. The van der Waals surface area contributed by atoms with E-state index in [4.69, 9.17) is 16.3 Å².